The number of benzene rings is 2. The molecule has 2 aromatic rings. The van der Waals surface area contributed by atoms with Crippen molar-refractivity contribution in [3.8, 4) is 23.0 Å². The van der Waals surface area contributed by atoms with Crippen molar-refractivity contribution < 1.29 is 33.6 Å². The number of aliphatic hydroxyl groups excluding tert-OH is 1. The molecule has 1 N–H and O–H groups in total. The van der Waals surface area contributed by atoms with Gasteiger partial charge in [0.25, 0.3) is 11.7 Å². The van der Waals surface area contributed by atoms with Crippen molar-refractivity contribution >= 4 is 17.4 Å². The number of hydrogen-bond acceptors (Lipinski definition) is 8. The number of likely N-dealkylation sites (N-methyl/N-ethyl adjacent to an activating group) is 1. The van der Waals surface area contributed by atoms with E-state index in [0.29, 0.717) is 40.7 Å². The fourth-order valence-corrected chi connectivity index (χ4v) is 3.93. The third-order valence-electron chi connectivity index (χ3n) is 5.69. The van der Waals surface area contributed by atoms with E-state index in [2.05, 4.69) is 0 Å². The van der Waals surface area contributed by atoms with Gasteiger partial charge in [0.15, 0.2) is 11.5 Å². The molecule has 1 fully saturated rings. The summed E-state index contributed by atoms with van der Waals surface area (Å²) in [4.78, 5) is 29.6. The van der Waals surface area contributed by atoms with Crippen LogP contribution in [-0.4, -0.2) is 82.2 Å². The van der Waals surface area contributed by atoms with Gasteiger partial charge in [-0.15, -0.1) is 0 Å². The lowest BCUT2D eigenvalue weighted by molar-refractivity contribution is -0.140. The van der Waals surface area contributed by atoms with Crippen LogP contribution in [0.2, 0.25) is 0 Å². The number of aliphatic hydroxyl groups is 1. The molecular weight excluding hydrogens is 440 g/mol. The zero-order valence-electron chi connectivity index (χ0n) is 20.2. The highest BCUT2D eigenvalue weighted by atomic mass is 16.5. The van der Waals surface area contributed by atoms with Gasteiger partial charge < -0.3 is 33.9 Å². The normalized spacial score (nSPS) is 17.3. The van der Waals surface area contributed by atoms with Gasteiger partial charge in [-0.05, 0) is 56.1 Å². The summed E-state index contributed by atoms with van der Waals surface area (Å²) < 4.78 is 21.5. The van der Waals surface area contributed by atoms with Crippen molar-refractivity contribution in [2.45, 2.75) is 6.04 Å². The van der Waals surface area contributed by atoms with Crippen LogP contribution in [0.3, 0.4) is 0 Å². The molecule has 0 radical (unpaired) electrons. The number of methoxy groups -OCH3 is 4. The number of carbonyl (C=O) groups excluding carboxylic acids is 2. The van der Waals surface area contributed by atoms with Crippen molar-refractivity contribution in [2.75, 3.05) is 55.6 Å². The second-order valence-electron chi connectivity index (χ2n) is 7.98. The van der Waals surface area contributed by atoms with E-state index in [4.69, 9.17) is 18.9 Å². The minimum absolute atomic E-state index is 0.0109. The maximum Gasteiger partial charge on any atom is 0.295 e. The molecule has 0 bridgehead atoms. The van der Waals surface area contributed by atoms with Crippen LogP contribution in [-0.2, 0) is 9.59 Å². The molecule has 3 rings (SSSR count). The molecule has 1 heterocycles. The molecule has 9 heteroatoms. The van der Waals surface area contributed by atoms with Gasteiger partial charge in [-0.25, -0.2) is 0 Å². The van der Waals surface area contributed by atoms with Gasteiger partial charge in [0.05, 0.1) is 40.1 Å². The number of Topliss-reactive ketones (excluding diaryl/α,β-unsaturated/α-hetero) is 1. The minimum Gasteiger partial charge on any atom is -0.507 e. The molecule has 9 nitrogen and oxygen atoms in total. The number of amides is 1. The van der Waals surface area contributed by atoms with E-state index >= 15 is 0 Å². The van der Waals surface area contributed by atoms with E-state index in [1.165, 1.54) is 33.3 Å². The molecule has 1 amide bonds. The second kappa shape index (κ2) is 10.5. The number of carbonyl (C=O) groups is 2. The number of rotatable bonds is 9. The molecule has 1 aliphatic rings. The first-order valence-corrected chi connectivity index (χ1v) is 10.6. The lowest BCUT2D eigenvalue weighted by Gasteiger charge is -2.27. The molecule has 182 valence electrons. The summed E-state index contributed by atoms with van der Waals surface area (Å²) in [5, 5.41) is 11.2. The summed E-state index contributed by atoms with van der Waals surface area (Å²) in [5.74, 6) is 0.0193. The van der Waals surface area contributed by atoms with E-state index < -0.39 is 17.7 Å². The first kappa shape index (κ1) is 24.9. The van der Waals surface area contributed by atoms with E-state index in [0.717, 1.165) is 0 Å². The average Bonchev–Trinajstić information content (AvgIpc) is 3.10. The number of hydrogen-bond donors (Lipinski definition) is 1. The summed E-state index contributed by atoms with van der Waals surface area (Å²) >= 11 is 0. The predicted octanol–water partition coefficient (Wildman–Crippen LogP) is 2.70. The maximum atomic E-state index is 13.2. The number of nitrogens with zero attached hydrogens (tertiary/aromatic N) is 2. The Hall–Kier alpha value is -3.72. The van der Waals surface area contributed by atoms with Gasteiger partial charge >= 0.3 is 0 Å². The topological polar surface area (TPSA) is 97.8 Å². The van der Waals surface area contributed by atoms with Gasteiger partial charge in [0.2, 0.25) is 5.75 Å². The summed E-state index contributed by atoms with van der Waals surface area (Å²) in [6.07, 6.45) is 0. The predicted molar refractivity (Wildman–Crippen MR) is 127 cm³/mol. The van der Waals surface area contributed by atoms with Gasteiger partial charge in [-0.2, -0.15) is 0 Å². The Morgan fingerprint density at radius 2 is 1.53 bits per heavy atom. The number of ketones is 1. The van der Waals surface area contributed by atoms with Crippen LogP contribution in [0.5, 0.6) is 23.0 Å². The highest BCUT2D eigenvalue weighted by Gasteiger charge is 2.46. The first-order valence-electron chi connectivity index (χ1n) is 10.6. The van der Waals surface area contributed by atoms with Crippen LogP contribution in [0.1, 0.15) is 17.2 Å². The molecular formula is C25H30N2O7. The van der Waals surface area contributed by atoms with E-state index in [-0.39, 0.29) is 17.9 Å². The van der Waals surface area contributed by atoms with Crippen LogP contribution >= 0.6 is 0 Å². The zero-order chi connectivity index (χ0) is 25.0. The molecule has 1 aliphatic heterocycles. The average molecular weight is 471 g/mol. The molecule has 1 saturated heterocycles. The Morgan fingerprint density at radius 1 is 0.941 bits per heavy atom. The largest absolute Gasteiger partial charge is 0.507 e. The van der Waals surface area contributed by atoms with Crippen LogP contribution in [0.4, 0.5) is 0 Å². The van der Waals surface area contributed by atoms with Crippen molar-refractivity contribution in [3.05, 3.63) is 53.1 Å². The van der Waals surface area contributed by atoms with E-state index in [9.17, 15) is 14.7 Å². The number of likely N-dealkylation sites (tertiary alicyclic amines) is 1. The minimum atomic E-state index is -0.851. The smallest absolute Gasteiger partial charge is 0.295 e. The lowest BCUT2D eigenvalue weighted by atomic mass is 9.94. The third kappa shape index (κ3) is 4.65. The van der Waals surface area contributed by atoms with Gasteiger partial charge in [0.1, 0.15) is 11.5 Å². The molecule has 0 saturated carbocycles. The third-order valence-corrected chi connectivity index (χ3v) is 5.69. The molecule has 0 spiro atoms. The van der Waals surface area contributed by atoms with Crippen molar-refractivity contribution in [1.29, 1.82) is 0 Å². The Labute approximate surface area is 199 Å². The highest BCUT2D eigenvalue weighted by molar-refractivity contribution is 6.46. The summed E-state index contributed by atoms with van der Waals surface area (Å²) in [5.41, 5.74) is 0.926. The fraction of sp³-hybridized carbons (Fsp3) is 0.360. The molecule has 0 aliphatic carbocycles. The standard InChI is InChI=1S/C25H30N2O7/c1-26(2)11-12-27-21(16-13-18(32-4)24(34-6)19(14-16)33-5)20(23(29)25(27)30)22(28)15-7-9-17(31-3)10-8-15/h7-10,13-14,21,28H,11-12H2,1-6H3/b22-20+/t21-/m1/s1. The van der Waals surface area contributed by atoms with Crippen molar-refractivity contribution in [1.82, 2.24) is 9.80 Å². The fourth-order valence-electron chi connectivity index (χ4n) is 3.93. The number of ether oxygens (including phenoxy) is 4. The maximum absolute atomic E-state index is 13.2. The molecule has 2 aromatic carbocycles. The monoisotopic (exact) mass is 470 g/mol. The quantitative estimate of drug-likeness (QED) is 0.339. The van der Waals surface area contributed by atoms with Crippen LogP contribution < -0.4 is 18.9 Å². The second-order valence-corrected chi connectivity index (χ2v) is 7.98. The van der Waals surface area contributed by atoms with Crippen molar-refractivity contribution in [3.63, 3.8) is 0 Å². The van der Waals surface area contributed by atoms with Gasteiger partial charge in [0, 0.05) is 18.7 Å². The van der Waals surface area contributed by atoms with Gasteiger partial charge in [-0.1, -0.05) is 0 Å². The van der Waals surface area contributed by atoms with Crippen molar-refractivity contribution in [2.24, 2.45) is 0 Å². The van der Waals surface area contributed by atoms with Gasteiger partial charge in [-0.3, -0.25) is 9.59 Å². The molecule has 1 atom stereocenters. The van der Waals surface area contributed by atoms with Crippen LogP contribution in [0.25, 0.3) is 5.76 Å². The van der Waals surface area contributed by atoms with E-state index in [1.54, 1.807) is 36.4 Å². The first-order chi connectivity index (χ1) is 16.3. The van der Waals surface area contributed by atoms with E-state index in [1.807, 2.05) is 19.0 Å². The zero-order valence-corrected chi connectivity index (χ0v) is 20.2. The van der Waals surface area contributed by atoms with Crippen LogP contribution in [0, 0.1) is 0 Å². The Kier molecular flexibility index (Phi) is 7.68. The molecule has 34 heavy (non-hydrogen) atoms. The Morgan fingerprint density at radius 3 is 2.00 bits per heavy atom. The highest BCUT2D eigenvalue weighted by Crippen LogP contribution is 2.45. The Bertz CT molecular complexity index is 1070. The summed E-state index contributed by atoms with van der Waals surface area (Å²) in [6, 6.07) is 9.12. The molecule has 0 unspecified atom stereocenters. The SMILES string of the molecule is COc1ccc(/C(O)=C2\C(=O)C(=O)N(CCN(C)C)[C@@H]2c2cc(OC)c(OC)c(OC)c2)cc1. The summed E-state index contributed by atoms with van der Waals surface area (Å²) in [7, 11) is 9.76. The lowest BCUT2D eigenvalue weighted by Crippen LogP contribution is -2.35. The molecule has 0 aromatic heterocycles. The van der Waals surface area contributed by atoms with Crippen LogP contribution in [0.15, 0.2) is 42.0 Å². The summed E-state index contributed by atoms with van der Waals surface area (Å²) in [6.45, 7) is 0.800. The Balaban J connectivity index is 2.23.